The van der Waals surface area contributed by atoms with Crippen LogP contribution in [-0.2, 0) is 9.59 Å². The summed E-state index contributed by atoms with van der Waals surface area (Å²) in [4.78, 5) is 38.5. The van der Waals surface area contributed by atoms with Gasteiger partial charge in [-0.15, -0.1) is 0 Å². The van der Waals surface area contributed by atoms with Crippen molar-refractivity contribution < 1.29 is 47.2 Å². The average molecular weight is 527 g/mol. The van der Waals surface area contributed by atoms with Crippen molar-refractivity contribution in [2.45, 2.75) is 56.0 Å². The molecule has 0 spiro atoms. The highest BCUT2D eigenvalue weighted by atomic mass is 19.4. The molecule has 0 radical (unpaired) electrons. The van der Waals surface area contributed by atoms with E-state index in [1.54, 1.807) is 0 Å². The molecule has 3 aliphatic rings. The molecule has 2 amide bonds. The third-order valence-electron chi connectivity index (χ3n) is 7.11. The molecule has 3 N–H and O–H groups in total. The maximum Gasteiger partial charge on any atom is 0.406 e. The first-order chi connectivity index (χ1) is 17.6. The number of methoxy groups -OCH3 is 1. The number of nitrogens with one attached hydrogen (secondary N) is 1. The summed E-state index contributed by atoms with van der Waals surface area (Å²) in [5.74, 6) is -2.70. The van der Waals surface area contributed by atoms with Crippen molar-refractivity contribution in [2.75, 3.05) is 26.8 Å². The third-order valence-corrected chi connectivity index (χ3v) is 7.11. The Balaban J connectivity index is 1.82. The highest BCUT2D eigenvalue weighted by Crippen LogP contribution is 2.51. The lowest BCUT2D eigenvalue weighted by Crippen LogP contribution is -2.58. The van der Waals surface area contributed by atoms with E-state index in [0.717, 1.165) is 12.8 Å². The summed E-state index contributed by atoms with van der Waals surface area (Å²) in [5, 5.41) is 23.0. The molecular weight excluding hydrogens is 497 g/mol. The number of hydrogen-bond donors (Lipinski definition) is 3. The van der Waals surface area contributed by atoms with Crippen molar-refractivity contribution in [3.05, 3.63) is 34.9 Å². The second-order valence-corrected chi connectivity index (χ2v) is 9.46. The van der Waals surface area contributed by atoms with Crippen molar-refractivity contribution in [1.82, 2.24) is 10.2 Å². The first-order valence-corrected chi connectivity index (χ1v) is 12.1. The number of aliphatic hydroxyl groups is 2. The normalized spacial score (nSPS) is 25.0. The highest BCUT2D eigenvalue weighted by molar-refractivity contribution is 5.96. The average Bonchev–Trinajstić information content (AvgIpc) is 3.53. The molecule has 9 nitrogen and oxygen atoms in total. The SMILES string of the molecule is COc1cc(C=O)cc2c1OC1C2C(C(=O)NCCO)=CC(N(CC(F)(F)F)C(=O)C2CCCC2)C1O. The van der Waals surface area contributed by atoms with Gasteiger partial charge in [0, 0.05) is 29.2 Å². The summed E-state index contributed by atoms with van der Waals surface area (Å²) in [6, 6.07) is 1.37. The Morgan fingerprint density at radius 2 is 1.97 bits per heavy atom. The molecule has 1 heterocycles. The lowest BCUT2D eigenvalue weighted by atomic mass is 9.77. The number of fused-ring (bicyclic) bond motifs is 3. The maximum absolute atomic E-state index is 13.6. The summed E-state index contributed by atoms with van der Waals surface area (Å²) < 4.78 is 52.2. The Morgan fingerprint density at radius 3 is 2.57 bits per heavy atom. The van der Waals surface area contributed by atoms with Crippen LogP contribution in [0.25, 0.3) is 0 Å². The summed E-state index contributed by atoms with van der Waals surface area (Å²) in [5.41, 5.74) is 0.518. The van der Waals surface area contributed by atoms with E-state index in [0.29, 0.717) is 29.6 Å². The van der Waals surface area contributed by atoms with E-state index < -0.39 is 54.6 Å². The minimum absolute atomic E-state index is 0.0380. The lowest BCUT2D eigenvalue weighted by Gasteiger charge is -2.41. The highest BCUT2D eigenvalue weighted by Gasteiger charge is 2.53. The number of alkyl halides is 3. The minimum atomic E-state index is -4.75. The van der Waals surface area contributed by atoms with Gasteiger partial charge in [0.15, 0.2) is 11.5 Å². The van der Waals surface area contributed by atoms with E-state index in [2.05, 4.69) is 5.32 Å². The van der Waals surface area contributed by atoms with E-state index in [4.69, 9.17) is 14.6 Å². The second-order valence-electron chi connectivity index (χ2n) is 9.46. The molecule has 1 aromatic carbocycles. The van der Waals surface area contributed by atoms with Crippen LogP contribution in [0.15, 0.2) is 23.8 Å². The van der Waals surface area contributed by atoms with Gasteiger partial charge in [0.1, 0.15) is 25.0 Å². The van der Waals surface area contributed by atoms with Crippen LogP contribution >= 0.6 is 0 Å². The van der Waals surface area contributed by atoms with Crippen LogP contribution in [0.5, 0.6) is 11.5 Å². The molecule has 12 heteroatoms. The second kappa shape index (κ2) is 10.7. The molecule has 1 aliphatic heterocycles. The standard InChI is InChI=1S/C25H29F3N2O7/c1-36-18-9-13(11-32)8-15-19-16(23(34)29-6-7-31)10-17(20(33)22(19)37-21(15)18)30(12-25(26,27)28)24(35)14-4-2-3-5-14/h8-11,14,17,19-20,22,31,33H,2-7,12H2,1H3,(H,29,34). The zero-order valence-corrected chi connectivity index (χ0v) is 20.2. The van der Waals surface area contributed by atoms with Crippen LogP contribution in [-0.4, -0.2) is 84.4 Å². The van der Waals surface area contributed by atoms with Gasteiger partial charge in [0.2, 0.25) is 11.8 Å². The van der Waals surface area contributed by atoms with Crippen LogP contribution in [0.4, 0.5) is 13.2 Å². The van der Waals surface area contributed by atoms with E-state index >= 15 is 0 Å². The number of carbonyl (C=O) groups excluding carboxylic acids is 3. The molecule has 37 heavy (non-hydrogen) atoms. The lowest BCUT2D eigenvalue weighted by molar-refractivity contribution is -0.172. The Bertz CT molecular complexity index is 1080. The maximum atomic E-state index is 13.6. The predicted molar refractivity (Wildman–Crippen MR) is 123 cm³/mol. The largest absolute Gasteiger partial charge is 0.493 e. The fourth-order valence-corrected chi connectivity index (χ4v) is 5.49. The monoisotopic (exact) mass is 526 g/mol. The molecule has 0 aromatic heterocycles. The van der Waals surface area contributed by atoms with Crippen LogP contribution < -0.4 is 14.8 Å². The summed E-state index contributed by atoms with van der Waals surface area (Å²) >= 11 is 0. The fourth-order valence-electron chi connectivity index (χ4n) is 5.49. The van der Waals surface area contributed by atoms with Crippen molar-refractivity contribution in [1.29, 1.82) is 0 Å². The van der Waals surface area contributed by atoms with Crippen molar-refractivity contribution >= 4 is 18.1 Å². The van der Waals surface area contributed by atoms with E-state index in [-0.39, 0.29) is 35.8 Å². The first-order valence-electron chi connectivity index (χ1n) is 12.1. The minimum Gasteiger partial charge on any atom is -0.493 e. The summed E-state index contributed by atoms with van der Waals surface area (Å²) in [6.07, 6.45) is -3.53. The number of nitrogens with zero attached hydrogens (tertiary/aromatic N) is 1. The Kier molecular flexibility index (Phi) is 7.79. The van der Waals surface area contributed by atoms with Gasteiger partial charge in [-0.05, 0) is 31.1 Å². The van der Waals surface area contributed by atoms with Crippen LogP contribution in [0.3, 0.4) is 0 Å². The summed E-state index contributed by atoms with van der Waals surface area (Å²) in [7, 11) is 1.34. The molecule has 1 saturated carbocycles. The molecule has 1 aromatic rings. The zero-order valence-electron chi connectivity index (χ0n) is 20.2. The Hall–Kier alpha value is -3.12. The smallest absolute Gasteiger partial charge is 0.406 e. The molecule has 4 rings (SSSR count). The number of aliphatic hydroxyl groups excluding tert-OH is 2. The number of rotatable bonds is 8. The van der Waals surface area contributed by atoms with Crippen LogP contribution in [0.2, 0.25) is 0 Å². The van der Waals surface area contributed by atoms with E-state index in [1.165, 1.54) is 25.3 Å². The number of halogens is 3. The van der Waals surface area contributed by atoms with Crippen molar-refractivity contribution in [3.8, 4) is 11.5 Å². The van der Waals surface area contributed by atoms with Crippen molar-refractivity contribution in [2.24, 2.45) is 5.92 Å². The molecule has 0 bridgehead atoms. The fraction of sp³-hybridized carbons (Fsp3) is 0.560. The topological polar surface area (TPSA) is 125 Å². The van der Waals surface area contributed by atoms with Gasteiger partial charge >= 0.3 is 6.18 Å². The van der Waals surface area contributed by atoms with Gasteiger partial charge in [0.25, 0.3) is 0 Å². The van der Waals surface area contributed by atoms with E-state index in [9.17, 15) is 32.7 Å². The Morgan fingerprint density at radius 1 is 1.27 bits per heavy atom. The van der Waals surface area contributed by atoms with Gasteiger partial charge in [-0.25, -0.2) is 0 Å². The number of hydrogen-bond acceptors (Lipinski definition) is 7. The van der Waals surface area contributed by atoms with Gasteiger partial charge in [-0.2, -0.15) is 13.2 Å². The van der Waals surface area contributed by atoms with Crippen LogP contribution in [0, 0.1) is 5.92 Å². The zero-order chi connectivity index (χ0) is 26.9. The first kappa shape index (κ1) is 26.9. The van der Waals surface area contributed by atoms with Gasteiger partial charge in [0.05, 0.1) is 25.7 Å². The number of ether oxygens (including phenoxy) is 2. The number of benzene rings is 1. The number of carbonyl (C=O) groups is 3. The molecule has 0 saturated heterocycles. The molecule has 4 atom stereocenters. The molecular formula is C25H29F3N2O7. The molecule has 202 valence electrons. The quantitative estimate of drug-likeness (QED) is 0.441. The predicted octanol–water partition coefficient (Wildman–Crippen LogP) is 1.71. The number of aldehydes is 1. The molecule has 2 aliphatic carbocycles. The molecule has 4 unspecified atom stereocenters. The Labute approximate surface area is 211 Å². The summed E-state index contributed by atoms with van der Waals surface area (Å²) in [6.45, 7) is -2.11. The third kappa shape index (κ3) is 5.30. The number of amides is 2. The van der Waals surface area contributed by atoms with Gasteiger partial charge < -0.3 is 29.9 Å². The van der Waals surface area contributed by atoms with E-state index in [1.807, 2.05) is 0 Å². The van der Waals surface area contributed by atoms with Crippen molar-refractivity contribution in [3.63, 3.8) is 0 Å². The van der Waals surface area contributed by atoms with Crippen LogP contribution in [0.1, 0.15) is 47.5 Å². The van der Waals surface area contributed by atoms with Gasteiger partial charge in [-0.3, -0.25) is 14.4 Å². The molecule has 1 fully saturated rings. The van der Waals surface area contributed by atoms with Gasteiger partial charge in [-0.1, -0.05) is 12.8 Å².